The van der Waals surface area contributed by atoms with E-state index in [-0.39, 0.29) is 24.0 Å². The second-order valence-electron chi connectivity index (χ2n) is 11.0. The normalized spacial score (nSPS) is 15.6. The SMILES string of the molecule is CCOc1ccc(/C=C/CCC(C)=O)c(C(C)OCC(O)CNC(C)(C)CC2Cc3ccccc3C2)c1. The maximum atomic E-state index is 11.2. The predicted molar refractivity (Wildman–Crippen MR) is 151 cm³/mol. The van der Waals surface area contributed by atoms with Crippen LogP contribution in [-0.2, 0) is 22.4 Å². The van der Waals surface area contributed by atoms with Crippen molar-refractivity contribution < 1.29 is 19.4 Å². The van der Waals surface area contributed by atoms with Crippen LogP contribution in [0.25, 0.3) is 6.08 Å². The second-order valence-corrected chi connectivity index (χ2v) is 11.0. The molecule has 0 bridgehead atoms. The van der Waals surface area contributed by atoms with E-state index in [4.69, 9.17) is 9.47 Å². The molecule has 2 aromatic carbocycles. The summed E-state index contributed by atoms with van der Waals surface area (Å²) in [7, 11) is 0. The summed E-state index contributed by atoms with van der Waals surface area (Å²) >= 11 is 0. The van der Waals surface area contributed by atoms with Gasteiger partial charge in [0.1, 0.15) is 11.5 Å². The van der Waals surface area contributed by atoms with E-state index in [0.717, 1.165) is 36.1 Å². The van der Waals surface area contributed by atoms with E-state index in [1.54, 1.807) is 6.92 Å². The van der Waals surface area contributed by atoms with Crippen molar-refractivity contribution in [1.82, 2.24) is 5.32 Å². The first-order valence-corrected chi connectivity index (χ1v) is 13.7. The topological polar surface area (TPSA) is 67.8 Å². The van der Waals surface area contributed by atoms with Crippen LogP contribution >= 0.6 is 0 Å². The van der Waals surface area contributed by atoms with Gasteiger partial charge in [-0.15, -0.1) is 0 Å². The van der Waals surface area contributed by atoms with Gasteiger partial charge in [-0.1, -0.05) is 42.5 Å². The van der Waals surface area contributed by atoms with Gasteiger partial charge in [0.2, 0.25) is 0 Å². The number of aliphatic hydroxyl groups excluding tert-OH is 1. The Labute approximate surface area is 223 Å². The summed E-state index contributed by atoms with van der Waals surface area (Å²) in [5.74, 6) is 1.62. The number of aliphatic hydroxyl groups is 1. The number of hydrogen-bond acceptors (Lipinski definition) is 5. The molecule has 0 fully saturated rings. The highest BCUT2D eigenvalue weighted by Crippen LogP contribution is 2.32. The van der Waals surface area contributed by atoms with Gasteiger partial charge in [0.25, 0.3) is 0 Å². The Morgan fingerprint density at radius 2 is 1.89 bits per heavy atom. The van der Waals surface area contributed by atoms with E-state index in [1.165, 1.54) is 11.1 Å². The Hall–Kier alpha value is -2.47. The lowest BCUT2D eigenvalue weighted by Crippen LogP contribution is -2.45. The molecule has 0 aliphatic heterocycles. The lowest BCUT2D eigenvalue weighted by Gasteiger charge is -2.31. The Morgan fingerprint density at radius 3 is 2.54 bits per heavy atom. The van der Waals surface area contributed by atoms with Crippen molar-refractivity contribution in [2.24, 2.45) is 5.92 Å². The van der Waals surface area contributed by atoms with Gasteiger partial charge in [-0.05, 0) is 101 Å². The molecule has 0 heterocycles. The van der Waals surface area contributed by atoms with E-state index in [1.807, 2.05) is 44.2 Å². The lowest BCUT2D eigenvalue weighted by molar-refractivity contribution is -0.116. The molecule has 2 atom stereocenters. The molecule has 2 N–H and O–H groups in total. The van der Waals surface area contributed by atoms with Crippen LogP contribution in [-0.4, -0.2) is 42.3 Å². The number of Topliss-reactive ketones (excluding diaryl/α,β-unsaturated/α-hetero) is 1. The van der Waals surface area contributed by atoms with Crippen molar-refractivity contribution >= 4 is 11.9 Å². The van der Waals surface area contributed by atoms with Gasteiger partial charge in [0.15, 0.2) is 0 Å². The lowest BCUT2D eigenvalue weighted by atomic mass is 9.88. The number of fused-ring (bicyclic) bond motifs is 1. The highest BCUT2D eigenvalue weighted by atomic mass is 16.5. The molecule has 2 unspecified atom stereocenters. The molecule has 0 radical (unpaired) electrons. The number of allylic oxidation sites excluding steroid dienone is 1. The maximum Gasteiger partial charge on any atom is 0.130 e. The number of rotatable bonds is 15. The van der Waals surface area contributed by atoms with Gasteiger partial charge in [0, 0.05) is 18.5 Å². The minimum absolute atomic E-state index is 0.0665. The number of carbonyl (C=O) groups is 1. The van der Waals surface area contributed by atoms with Crippen LogP contribution in [0.15, 0.2) is 48.5 Å². The summed E-state index contributed by atoms with van der Waals surface area (Å²) in [4.78, 5) is 11.2. The molecule has 202 valence electrons. The molecule has 0 spiro atoms. The van der Waals surface area contributed by atoms with E-state index >= 15 is 0 Å². The summed E-state index contributed by atoms with van der Waals surface area (Å²) in [5, 5.41) is 14.3. The Kier molecular flexibility index (Phi) is 10.9. The minimum Gasteiger partial charge on any atom is -0.494 e. The van der Waals surface area contributed by atoms with Gasteiger partial charge in [-0.3, -0.25) is 0 Å². The van der Waals surface area contributed by atoms with E-state index in [2.05, 4.69) is 43.4 Å². The summed E-state index contributed by atoms with van der Waals surface area (Å²) in [5.41, 5.74) is 4.93. The fraction of sp³-hybridized carbons (Fsp3) is 0.531. The quantitative estimate of drug-likeness (QED) is 0.306. The molecule has 0 saturated carbocycles. The van der Waals surface area contributed by atoms with E-state index in [9.17, 15) is 9.90 Å². The van der Waals surface area contributed by atoms with Crippen LogP contribution in [0.1, 0.15) is 82.2 Å². The van der Waals surface area contributed by atoms with E-state index < -0.39 is 6.10 Å². The molecular formula is C32H45NO4. The zero-order valence-electron chi connectivity index (χ0n) is 23.3. The van der Waals surface area contributed by atoms with Crippen LogP contribution in [0.4, 0.5) is 0 Å². The Morgan fingerprint density at radius 1 is 1.19 bits per heavy atom. The first-order valence-electron chi connectivity index (χ1n) is 13.7. The third-order valence-electron chi connectivity index (χ3n) is 7.06. The molecular weight excluding hydrogens is 462 g/mol. The molecule has 5 nitrogen and oxygen atoms in total. The molecule has 3 rings (SSSR count). The number of ether oxygens (including phenoxy) is 2. The van der Waals surface area contributed by atoms with Crippen molar-refractivity contribution in [2.45, 2.75) is 84.5 Å². The first kappa shape index (κ1) is 29.1. The third-order valence-corrected chi connectivity index (χ3v) is 7.06. The first-order chi connectivity index (χ1) is 17.7. The van der Waals surface area contributed by atoms with Crippen molar-refractivity contribution in [1.29, 1.82) is 0 Å². The number of β-amino-alcohol motifs (C(OH)–C–C–N with tert-alkyl or cyclic N) is 1. The number of benzene rings is 2. The number of nitrogens with one attached hydrogen (secondary N) is 1. The highest BCUT2D eigenvalue weighted by Gasteiger charge is 2.28. The zero-order valence-corrected chi connectivity index (χ0v) is 23.3. The minimum atomic E-state index is -0.605. The van der Waals surface area contributed by atoms with Crippen LogP contribution in [0.5, 0.6) is 5.75 Å². The number of ketones is 1. The van der Waals surface area contributed by atoms with Crippen molar-refractivity contribution in [2.75, 3.05) is 19.8 Å². The zero-order chi connectivity index (χ0) is 26.8. The van der Waals surface area contributed by atoms with Crippen LogP contribution in [0, 0.1) is 5.92 Å². The third kappa shape index (κ3) is 9.41. The smallest absolute Gasteiger partial charge is 0.130 e. The molecule has 1 aliphatic rings. The monoisotopic (exact) mass is 507 g/mol. The average molecular weight is 508 g/mol. The largest absolute Gasteiger partial charge is 0.494 e. The summed E-state index contributed by atoms with van der Waals surface area (Å²) in [6, 6.07) is 14.7. The Balaban J connectivity index is 1.50. The fourth-order valence-electron chi connectivity index (χ4n) is 5.20. The van der Waals surface area contributed by atoms with Crippen molar-refractivity contribution in [3.63, 3.8) is 0 Å². The maximum absolute atomic E-state index is 11.2. The molecule has 37 heavy (non-hydrogen) atoms. The molecule has 0 amide bonds. The number of carbonyl (C=O) groups excluding carboxylic acids is 1. The average Bonchev–Trinajstić information content (AvgIpc) is 3.26. The Bertz CT molecular complexity index is 1020. The van der Waals surface area contributed by atoms with E-state index in [0.29, 0.717) is 31.9 Å². The van der Waals surface area contributed by atoms with Crippen LogP contribution in [0.3, 0.4) is 0 Å². The molecule has 0 aromatic heterocycles. The van der Waals surface area contributed by atoms with Gasteiger partial charge in [-0.2, -0.15) is 0 Å². The molecule has 5 heteroatoms. The molecule has 2 aromatic rings. The van der Waals surface area contributed by atoms with Crippen molar-refractivity contribution in [3.05, 3.63) is 70.8 Å². The summed E-state index contributed by atoms with van der Waals surface area (Å²) in [6.07, 6.45) is 7.83. The number of hydrogen-bond donors (Lipinski definition) is 2. The van der Waals surface area contributed by atoms with Crippen molar-refractivity contribution in [3.8, 4) is 5.75 Å². The van der Waals surface area contributed by atoms with Gasteiger partial charge < -0.3 is 24.7 Å². The standard InChI is InChI=1S/C32H45NO4/c1-6-36-30-16-15-26(12-8-7-11-23(2)34)31(19-30)24(3)37-22-29(35)21-33-32(4,5)20-25-17-27-13-9-10-14-28(27)18-25/h8-10,12-16,19,24-25,29,33,35H,6-7,11,17-18,20-22H2,1-5H3/b12-8+. The summed E-state index contributed by atoms with van der Waals surface area (Å²) in [6.45, 7) is 11.3. The molecule has 0 saturated heterocycles. The highest BCUT2D eigenvalue weighted by molar-refractivity contribution is 5.75. The van der Waals surface area contributed by atoms with Gasteiger partial charge >= 0.3 is 0 Å². The predicted octanol–water partition coefficient (Wildman–Crippen LogP) is 6.08. The van der Waals surface area contributed by atoms with Crippen LogP contribution in [0.2, 0.25) is 0 Å². The van der Waals surface area contributed by atoms with Crippen LogP contribution < -0.4 is 10.1 Å². The molecule has 1 aliphatic carbocycles. The van der Waals surface area contributed by atoms with Gasteiger partial charge in [0.05, 0.1) is 25.4 Å². The fourth-order valence-corrected chi connectivity index (χ4v) is 5.20. The summed E-state index contributed by atoms with van der Waals surface area (Å²) < 4.78 is 11.8. The van der Waals surface area contributed by atoms with Gasteiger partial charge in [-0.25, -0.2) is 0 Å². The second kappa shape index (κ2) is 13.9.